The lowest BCUT2D eigenvalue weighted by molar-refractivity contribution is -0.137. The predicted molar refractivity (Wildman–Crippen MR) is 173 cm³/mol. The van der Waals surface area contributed by atoms with Gasteiger partial charge in [-0.25, -0.2) is 17.9 Å². The number of alkyl halides is 4. The number of hydrogen-bond donors (Lipinski definition) is 1. The molecule has 3 atom stereocenters. The maximum absolute atomic E-state index is 17.1. The number of aryl methyl sites for hydroxylation is 1. The average Bonchev–Trinajstić information content (AvgIpc) is 3.80. The van der Waals surface area contributed by atoms with E-state index in [9.17, 15) is 14.0 Å². The molecule has 6 heterocycles. The number of nitrogen functional groups attached to an aromatic ring is 1. The van der Waals surface area contributed by atoms with Gasteiger partial charge in [-0.05, 0) is 50.9 Å². The predicted octanol–water partition coefficient (Wildman–Crippen LogP) is 6.53. The summed E-state index contributed by atoms with van der Waals surface area (Å²) in [6.07, 6.45) is -4.39. The van der Waals surface area contributed by atoms with Crippen molar-refractivity contribution < 1.29 is 31.1 Å². The van der Waals surface area contributed by atoms with E-state index in [0.29, 0.717) is 42.2 Å². The molecule has 5 aromatic rings. The van der Waals surface area contributed by atoms with Crippen LogP contribution in [0.25, 0.3) is 32.1 Å². The third kappa shape index (κ3) is 4.94. The second-order valence-electron chi connectivity index (χ2n) is 13.2. The average molecular weight is 714 g/mol. The van der Waals surface area contributed by atoms with Crippen LogP contribution in [0.15, 0.2) is 18.2 Å². The molecule has 3 aliphatic heterocycles. The van der Waals surface area contributed by atoms with Crippen LogP contribution in [-0.2, 0) is 19.3 Å². The van der Waals surface area contributed by atoms with Gasteiger partial charge >= 0.3 is 12.2 Å². The van der Waals surface area contributed by atoms with Crippen molar-refractivity contribution >= 4 is 43.1 Å². The number of ether oxygens (including phenoxy) is 1. The molecule has 0 aliphatic carbocycles. The second kappa shape index (κ2) is 11.4. The first-order valence-electron chi connectivity index (χ1n) is 16.0. The van der Waals surface area contributed by atoms with E-state index in [1.165, 1.54) is 0 Å². The highest BCUT2D eigenvalue weighted by Crippen LogP contribution is 2.48. The normalized spacial score (nSPS) is 22.3. The van der Waals surface area contributed by atoms with E-state index in [4.69, 9.17) is 10.5 Å². The third-order valence-corrected chi connectivity index (χ3v) is 11.2. The summed E-state index contributed by atoms with van der Waals surface area (Å²) in [6.45, 7) is 5.02. The van der Waals surface area contributed by atoms with Crippen molar-refractivity contribution in [3.05, 3.63) is 52.3 Å². The van der Waals surface area contributed by atoms with Gasteiger partial charge in [0.15, 0.2) is 5.82 Å². The molecule has 8 rings (SSSR count). The zero-order valence-electron chi connectivity index (χ0n) is 26.8. The van der Waals surface area contributed by atoms with Crippen LogP contribution < -0.4 is 15.4 Å². The molecule has 0 radical (unpaired) electrons. The lowest BCUT2D eigenvalue weighted by Crippen LogP contribution is -2.44. The highest BCUT2D eigenvalue weighted by atomic mass is 32.1. The summed E-state index contributed by atoms with van der Waals surface area (Å²) in [4.78, 5) is 12.7. The summed E-state index contributed by atoms with van der Waals surface area (Å²) < 4.78 is 99.4. The van der Waals surface area contributed by atoms with Crippen LogP contribution in [0.2, 0.25) is 0 Å². The van der Waals surface area contributed by atoms with Crippen LogP contribution in [0, 0.1) is 29.9 Å². The summed E-state index contributed by atoms with van der Waals surface area (Å²) in [5, 5.41) is 17.6. The van der Waals surface area contributed by atoms with E-state index in [1.54, 1.807) is 16.5 Å². The van der Waals surface area contributed by atoms with Crippen molar-refractivity contribution in [2.75, 3.05) is 30.3 Å². The minimum atomic E-state index is -5.10. The van der Waals surface area contributed by atoms with Gasteiger partial charge in [0.25, 0.3) is 0 Å². The van der Waals surface area contributed by atoms with Crippen molar-refractivity contribution in [3.8, 4) is 23.2 Å². The minimum absolute atomic E-state index is 0.00221. The zero-order chi connectivity index (χ0) is 35.3. The minimum Gasteiger partial charge on any atom is -0.461 e. The molecule has 2 N–H and O–H groups in total. The number of fused-ring (bicyclic) bond motifs is 4. The Bertz CT molecular complexity index is 2250. The summed E-state index contributed by atoms with van der Waals surface area (Å²) in [7, 11) is 0. The molecule has 0 spiro atoms. The van der Waals surface area contributed by atoms with Crippen molar-refractivity contribution in [1.29, 1.82) is 5.26 Å². The molecule has 3 aromatic heterocycles. The molecular weight excluding hydrogens is 684 g/mol. The van der Waals surface area contributed by atoms with Crippen LogP contribution in [0.4, 0.5) is 37.2 Å². The number of nitriles is 1. The summed E-state index contributed by atoms with van der Waals surface area (Å²) >= 11 is 0.689. The quantitative estimate of drug-likeness (QED) is 0.203. The van der Waals surface area contributed by atoms with Gasteiger partial charge in [0.1, 0.15) is 41.0 Å². The Morgan fingerprint density at radius 1 is 1.20 bits per heavy atom. The fourth-order valence-electron chi connectivity index (χ4n) is 7.83. The molecule has 17 heteroatoms. The first kappa shape index (κ1) is 32.5. The SMILES string of the molecule is Cc1nnn2c1CN(c1nc(OC[C@@]34CCCN3C[C@H](F)C4)nc3c(F)c(-c4ccc(F)c5sc(N)c(C#N)c45)c(C(F)(F)F)cc13)[C@@H](C)C2. The Balaban J connectivity index is 1.37. The van der Waals surface area contributed by atoms with E-state index in [0.717, 1.165) is 24.6 Å². The number of nitrogens with zero attached hydrogens (tertiary/aromatic N) is 8. The van der Waals surface area contributed by atoms with Crippen molar-refractivity contribution in [3.63, 3.8) is 0 Å². The van der Waals surface area contributed by atoms with E-state index < -0.39 is 46.2 Å². The topological polar surface area (TPSA) is 122 Å². The van der Waals surface area contributed by atoms with Crippen LogP contribution in [0.1, 0.15) is 48.7 Å². The standard InChI is InChI=1S/C33H29F6N9OS/c1-15-11-48-23(16(2)44-45-48)13-47(15)30-19-8-21(33(37,38)39)25(18-4-5-22(35)28-24(18)20(10-40)29(41)50-28)26(36)27(19)42-31(43-30)49-14-32-6-3-7-46(32)12-17(34)9-32/h4-5,8,15,17H,3,6-7,9,11-14,41H2,1-2H3/t15-,17+,32-/m0/s1. The number of benzene rings is 2. The summed E-state index contributed by atoms with van der Waals surface area (Å²) in [5.74, 6) is -2.18. The van der Waals surface area contributed by atoms with Gasteiger partial charge in [-0.1, -0.05) is 11.3 Å². The molecule has 10 nitrogen and oxygen atoms in total. The van der Waals surface area contributed by atoms with Gasteiger partial charge in [0.2, 0.25) is 0 Å². The van der Waals surface area contributed by atoms with Crippen molar-refractivity contribution in [1.82, 2.24) is 29.9 Å². The Hall–Kier alpha value is -4.69. The first-order chi connectivity index (χ1) is 23.8. The lowest BCUT2D eigenvalue weighted by atomic mass is 9.92. The molecule has 0 unspecified atom stereocenters. The summed E-state index contributed by atoms with van der Waals surface area (Å²) in [6, 6.07) is 3.88. The van der Waals surface area contributed by atoms with Crippen LogP contribution in [0.3, 0.4) is 0 Å². The smallest absolute Gasteiger partial charge is 0.417 e. The summed E-state index contributed by atoms with van der Waals surface area (Å²) in [5.41, 5.74) is 3.31. The van der Waals surface area contributed by atoms with Gasteiger partial charge < -0.3 is 15.4 Å². The van der Waals surface area contributed by atoms with Crippen molar-refractivity contribution in [2.45, 2.75) is 70.1 Å². The van der Waals surface area contributed by atoms with Gasteiger partial charge in [-0.15, -0.1) is 16.4 Å². The van der Waals surface area contributed by atoms with E-state index >= 15 is 17.6 Å². The Morgan fingerprint density at radius 2 is 2.00 bits per heavy atom. The van der Waals surface area contributed by atoms with Crippen LogP contribution in [-0.4, -0.2) is 67.3 Å². The van der Waals surface area contributed by atoms with E-state index in [1.807, 2.05) is 17.9 Å². The fraction of sp³-hybridized carbons (Fsp3) is 0.424. The molecule has 0 amide bonds. The first-order valence-corrected chi connectivity index (χ1v) is 16.8. The highest BCUT2D eigenvalue weighted by Gasteiger charge is 2.49. The van der Waals surface area contributed by atoms with Gasteiger partial charge in [-0.3, -0.25) is 4.90 Å². The Labute approximate surface area is 285 Å². The molecule has 2 fully saturated rings. The molecule has 260 valence electrons. The monoisotopic (exact) mass is 713 g/mol. The van der Waals surface area contributed by atoms with Crippen molar-refractivity contribution in [2.24, 2.45) is 0 Å². The number of halogens is 6. The van der Waals surface area contributed by atoms with Gasteiger partial charge in [0, 0.05) is 35.3 Å². The van der Waals surface area contributed by atoms with Gasteiger partial charge in [0.05, 0.1) is 45.8 Å². The number of anilines is 2. The molecule has 3 aliphatic rings. The highest BCUT2D eigenvalue weighted by molar-refractivity contribution is 7.23. The zero-order valence-corrected chi connectivity index (χ0v) is 27.6. The molecule has 0 saturated carbocycles. The molecule has 2 saturated heterocycles. The largest absolute Gasteiger partial charge is 0.461 e. The number of nitrogens with two attached hydrogens (primary N) is 1. The molecule has 0 bridgehead atoms. The van der Waals surface area contributed by atoms with E-state index in [2.05, 4.69) is 20.3 Å². The molecule has 2 aromatic carbocycles. The number of hydrogen-bond acceptors (Lipinski definition) is 10. The number of rotatable bonds is 5. The maximum atomic E-state index is 17.1. The number of thiophene rings is 1. The maximum Gasteiger partial charge on any atom is 0.417 e. The van der Waals surface area contributed by atoms with Gasteiger partial charge in [-0.2, -0.15) is 28.4 Å². The Morgan fingerprint density at radius 3 is 2.76 bits per heavy atom. The Kier molecular flexibility index (Phi) is 7.43. The van der Waals surface area contributed by atoms with E-state index in [-0.39, 0.29) is 75.6 Å². The third-order valence-electron chi connectivity index (χ3n) is 10.2. The molecule has 50 heavy (non-hydrogen) atoms. The lowest BCUT2D eigenvalue weighted by Gasteiger charge is -2.35. The molecular formula is C33H29F6N9OS. The van der Waals surface area contributed by atoms with Crippen LogP contribution >= 0.6 is 11.3 Å². The second-order valence-corrected chi connectivity index (χ2v) is 14.3. The van der Waals surface area contributed by atoms with Crippen LogP contribution in [0.5, 0.6) is 6.01 Å². The number of aromatic nitrogens is 5. The fourth-order valence-corrected chi connectivity index (χ4v) is 8.78.